The number of aliphatic hydroxyl groups is 1. The number of carbonyl (C=O) groups excluding carboxylic acids is 1. The fourth-order valence-electron chi connectivity index (χ4n) is 1.57. The first-order chi connectivity index (χ1) is 9.17. The molecule has 0 fully saturated rings. The van der Waals surface area contributed by atoms with Crippen LogP contribution in [0.4, 0.5) is 10.5 Å². The van der Waals surface area contributed by atoms with Crippen LogP contribution >= 0.6 is 11.6 Å². The number of amides is 1. The van der Waals surface area contributed by atoms with E-state index < -0.39 is 17.8 Å². The van der Waals surface area contributed by atoms with E-state index in [1.54, 1.807) is 33.8 Å². The number of rotatable bonds is 4. The first-order valence-corrected chi connectivity index (χ1v) is 6.87. The Labute approximate surface area is 124 Å². The highest BCUT2D eigenvalue weighted by molar-refractivity contribution is 6.29. The highest BCUT2D eigenvalue weighted by atomic mass is 35.5. The zero-order valence-electron chi connectivity index (χ0n) is 12.2. The Kier molecular flexibility index (Phi) is 5.77. The largest absolute Gasteiger partial charge is 0.444 e. The second kappa shape index (κ2) is 6.90. The predicted octanol–water partition coefficient (Wildman–Crippen LogP) is 3.40. The molecular weight excluding hydrogens is 280 g/mol. The van der Waals surface area contributed by atoms with Gasteiger partial charge in [0.2, 0.25) is 0 Å². The Morgan fingerprint density at radius 1 is 1.55 bits per heavy atom. The van der Waals surface area contributed by atoms with Crippen molar-refractivity contribution in [1.82, 2.24) is 4.98 Å². The number of aromatic nitrogens is 1. The van der Waals surface area contributed by atoms with E-state index in [1.165, 1.54) is 6.20 Å². The third kappa shape index (κ3) is 6.21. The van der Waals surface area contributed by atoms with Crippen molar-refractivity contribution in [2.45, 2.75) is 52.2 Å². The maximum absolute atomic E-state index is 11.8. The number of aryl methyl sites for hydroxylation is 1. The van der Waals surface area contributed by atoms with E-state index in [9.17, 15) is 9.90 Å². The number of hydrogen-bond donors (Lipinski definition) is 2. The molecule has 6 heteroatoms. The molecular formula is C14H21ClN2O3. The minimum atomic E-state index is -0.566. The summed E-state index contributed by atoms with van der Waals surface area (Å²) in [6.07, 6.45) is 1.69. The average molecular weight is 301 g/mol. The summed E-state index contributed by atoms with van der Waals surface area (Å²) in [4.78, 5) is 15.7. The molecule has 1 aromatic rings. The van der Waals surface area contributed by atoms with Gasteiger partial charge in [-0.1, -0.05) is 11.6 Å². The highest BCUT2D eigenvalue weighted by Gasteiger charge is 2.17. The van der Waals surface area contributed by atoms with Gasteiger partial charge in [-0.3, -0.25) is 5.32 Å². The smallest absolute Gasteiger partial charge is 0.412 e. The highest BCUT2D eigenvalue weighted by Crippen LogP contribution is 2.21. The first-order valence-electron chi connectivity index (χ1n) is 6.50. The molecule has 1 atom stereocenters. The van der Waals surface area contributed by atoms with E-state index in [-0.39, 0.29) is 0 Å². The zero-order chi connectivity index (χ0) is 15.3. The molecule has 0 saturated carbocycles. The number of halogens is 1. The Balaban J connectivity index is 2.80. The van der Waals surface area contributed by atoms with Crippen molar-refractivity contribution >= 4 is 23.4 Å². The lowest BCUT2D eigenvalue weighted by Crippen LogP contribution is -2.27. The van der Waals surface area contributed by atoms with Gasteiger partial charge in [0.1, 0.15) is 10.8 Å². The summed E-state index contributed by atoms with van der Waals surface area (Å²) in [5.74, 6) is 0. The van der Waals surface area contributed by atoms with E-state index in [4.69, 9.17) is 16.3 Å². The molecule has 0 radical (unpaired) electrons. The molecule has 1 aromatic heterocycles. The normalized spacial score (nSPS) is 12.9. The molecule has 0 bridgehead atoms. The molecule has 0 aromatic carbocycles. The van der Waals surface area contributed by atoms with Crippen LogP contribution in [0.1, 0.15) is 39.7 Å². The minimum Gasteiger partial charge on any atom is -0.444 e. The lowest BCUT2D eigenvalue weighted by molar-refractivity contribution is 0.0635. The number of carbonyl (C=O) groups is 1. The zero-order valence-corrected chi connectivity index (χ0v) is 13.0. The number of pyridine rings is 1. The van der Waals surface area contributed by atoms with Gasteiger partial charge in [-0.05, 0) is 52.2 Å². The van der Waals surface area contributed by atoms with Gasteiger partial charge in [-0.25, -0.2) is 9.78 Å². The van der Waals surface area contributed by atoms with Crippen molar-refractivity contribution in [3.8, 4) is 0 Å². The molecule has 0 aliphatic heterocycles. The maximum Gasteiger partial charge on any atom is 0.412 e. The Bertz CT molecular complexity index is 470. The van der Waals surface area contributed by atoms with Crippen molar-refractivity contribution < 1.29 is 14.6 Å². The molecule has 5 nitrogen and oxygen atoms in total. The van der Waals surface area contributed by atoms with Gasteiger partial charge in [0.25, 0.3) is 0 Å². The monoisotopic (exact) mass is 300 g/mol. The number of ether oxygens (including phenoxy) is 1. The summed E-state index contributed by atoms with van der Waals surface area (Å²) in [6, 6.07) is 1.68. The van der Waals surface area contributed by atoms with Gasteiger partial charge in [0.15, 0.2) is 0 Å². The molecule has 1 heterocycles. The van der Waals surface area contributed by atoms with Gasteiger partial charge in [0.05, 0.1) is 18.0 Å². The first kappa shape index (κ1) is 16.7. The summed E-state index contributed by atoms with van der Waals surface area (Å²) in [5, 5.41) is 12.3. The Morgan fingerprint density at radius 2 is 2.20 bits per heavy atom. The summed E-state index contributed by atoms with van der Waals surface area (Å²) >= 11 is 5.86. The van der Waals surface area contributed by atoms with Crippen LogP contribution in [0.5, 0.6) is 0 Å². The van der Waals surface area contributed by atoms with E-state index in [1.807, 2.05) is 0 Å². The maximum atomic E-state index is 11.8. The van der Waals surface area contributed by atoms with Gasteiger partial charge in [-0.2, -0.15) is 0 Å². The Morgan fingerprint density at radius 3 is 2.75 bits per heavy atom. The van der Waals surface area contributed by atoms with Crippen molar-refractivity contribution in [1.29, 1.82) is 0 Å². The van der Waals surface area contributed by atoms with E-state index in [0.29, 0.717) is 23.7 Å². The van der Waals surface area contributed by atoms with Gasteiger partial charge < -0.3 is 9.84 Å². The molecule has 0 spiro atoms. The van der Waals surface area contributed by atoms with Crippen molar-refractivity contribution in [2.24, 2.45) is 0 Å². The van der Waals surface area contributed by atoms with Crippen LogP contribution in [0.3, 0.4) is 0 Å². The molecule has 0 aliphatic rings. The van der Waals surface area contributed by atoms with Crippen LogP contribution in [-0.2, 0) is 11.2 Å². The number of anilines is 1. The third-order valence-electron chi connectivity index (χ3n) is 2.42. The third-order valence-corrected chi connectivity index (χ3v) is 2.63. The average Bonchev–Trinajstić information content (AvgIpc) is 2.26. The lowest BCUT2D eigenvalue weighted by atomic mass is 10.1. The number of hydrogen-bond acceptors (Lipinski definition) is 4. The number of nitrogens with zero attached hydrogens (tertiary/aromatic N) is 1. The second-order valence-corrected chi connectivity index (χ2v) is 6.07. The molecule has 0 saturated heterocycles. The van der Waals surface area contributed by atoms with Gasteiger partial charge in [-0.15, -0.1) is 0 Å². The van der Waals surface area contributed by atoms with E-state index in [2.05, 4.69) is 10.3 Å². The van der Waals surface area contributed by atoms with Crippen molar-refractivity contribution in [3.63, 3.8) is 0 Å². The number of nitrogens with one attached hydrogen (secondary N) is 1. The molecule has 20 heavy (non-hydrogen) atoms. The SMILES string of the molecule is C[C@@H](O)CCc1cc(Cl)ncc1NC(=O)OC(C)(C)C. The van der Waals surface area contributed by atoms with Crippen LogP contribution in [0.25, 0.3) is 0 Å². The predicted molar refractivity (Wildman–Crippen MR) is 79.1 cm³/mol. The fraction of sp³-hybridized carbons (Fsp3) is 0.571. The summed E-state index contributed by atoms with van der Waals surface area (Å²) in [7, 11) is 0. The molecule has 1 amide bonds. The summed E-state index contributed by atoms with van der Waals surface area (Å²) in [5.41, 5.74) is 0.796. The van der Waals surface area contributed by atoms with Crippen LogP contribution in [0, 0.1) is 0 Å². The van der Waals surface area contributed by atoms with Crippen LogP contribution in [0.2, 0.25) is 5.15 Å². The van der Waals surface area contributed by atoms with Gasteiger partial charge in [0, 0.05) is 0 Å². The van der Waals surface area contributed by atoms with Crippen molar-refractivity contribution in [2.75, 3.05) is 5.32 Å². The fourth-order valence-corrected chi connectivity index (χ4v) is 1.75. The lowest BCUT2D eigenvalue weighted by Gasteiger charge is -2.20. The van der Waals surface area contributed by atoms with Crippen molar-refractivity contribution in [3.05, 3.63) is 23.0 Å². The van der Waals surface area contributed by atoms with E-state index >= 15 is 0 Å². The standard InChI is InChI=1S/C14H21ClN2O3/c1-9(18)5-6-10-7-12(15)16-8-11(10)17-13(19)20-14(2,3)4/h7-9,18H,5-6H2,1-4H3,(H,17,19)/t9-/m1/s1. The number of aliphatic hydroxyl groups excluding tert-OH is 1. The topological polar surface area (TPSA) is 71.5 Å². The molecule has 2 N–H and O–H groups in total. The molecule has 0 unspecified atom stereocenters. The van der Waals surface area contributed by atoms with Gasteiger partial charge >= 0.3 is 6.09 Å². The summed E-state index contributed by atoms with van der Waals surface area (Å²) in [6.45, 7) is 7.09. The van der Waals surface area contributed by atoms with Crippen LogP contribution < -0.4 is 5.32 Å². The van der Waals surface area contributed by atoms with E-state index in [0.717, 1.165) is 5.56 Å². The van der Waals surface area contributed by atoms with Crippen LogP contribution in [-0.4, -0.2) is 27.9 Å². The quantitative estimate of drug-likeness (QED) is 0.836. The van der Waals surface area contributed by atoms with Crippen LogP contribution in [0.15, 0.2) is 12.3 Å². The second-order valence-electron chi connectivity index (χ2n) is 5.68. The molecule has 1 rings (SSSR count). The Hall–Kier alpha value is -1.33. The molecule has 112 valence electrons. The molecule has 0 aliphatic carbocycles. The minimum absolute atomic E-state index is 0.348. The summed E-state index contributed by atoms with van der Waals surface area (Å²) < 4.78 is 5.19.